The number of rotatable bonds is 33. The molecule has 0 saturated carbocycles. The molecule has 0 amide bonds. The van der Waals surface area contributed by atoms with Crippen LogP contribution in [0, 0.1) is 5.92 Å². The van der Waals surface area contributed by atoms with Crippen molar-refractivity contribution in [3.8, 4) is 0 Å². The van der Waals surface area contributed by atoms with Crippen molar-refractivity contribution in [2.75, 3.05) is 6.61 Å². The van der Waals surface area contributed by atoms with E-state index in [9.17, 15) is 14.7 Å². The Hall–Kier alpha value is -1.14. The van der Waals surface area contributed by atoms with Gasteiger partial charge in [0.15, 0.2) is 0 Å². The first-order valence-electron chi connectivity index (χ1n) is 18.6. The second-order valence-electron chi connectivity index (χ2n) is 12.9. The van der Waals surface area contributed by atoms with Gasteiger partial charge in [0.2, 0.25) is 0 Å². The molecular formula is C37H74O6. The molecular weight excluding hydrogens is 540 g/mol. The van der Waals surface area contributed by atoms with Crippen LogP contribution in [0.4, 0.5) is 0 Å². The molecule has 2 atom stereocenters. The van der Waals surface area contributed by atoms with Crippen molar-refractivity contribution >= 4 is 11.9 Å². The highest BCUT2D eigenvalue weighted by Gasteiger charge is 2.20. The Morgan fingerprint density at radius 1 is 0.488 bits per heavy atom. The van der Waals surface area contributed by atoms with Crippen LogP contribution < -0.4 is 0 Å². The lowest BCUT2D eigenvalue weighted by Gasteiger charge is -2.15. The minimum atomic E-state index is -0.909. The second-order valence-corrected chi connectivity index (χ2v) is 12.9. The van der Waals surface area contributed by atoms with Crippen LogP contribution in [0.2, 0.25) is 0 Å². The van der Waals surface area contributed by atoms with Gasteiger partial charge in [0.05, 0.1) is 18.6 Å². The lowest BCUT2D eigenvalue weighted by atomic mass is 9.94. The Morgan fingerprint density at radius 3 is 1.07 bits per heavy atom. The first-order chi connectivity index (χ1) is 20.9. The Bertz CT molecular complexity index is 567. The van der Waals surface area contributed by atoms with Gasteiger partial charge in [0, 0.05) is 6.42 Å². The molecule has 0 rings (SSSR count). The van der Waals surface area contributed by atoms with Gasteiger partial charge in [-0.2, -0.15) is 0 Å². The lowest BCUT2D eigenvalue weighted by molar-refractivity contribution is -0.143. The van der Waals surface area contributed by atoms with Gasteiger partial charge in [0.1, 0.15) is 0 Å². The third-order valence-electron chi connectivity index (χ3n) is 8.52. The van der Waals surface area contributed by atoms with Crippen LogP contribution in [0.3, 0.4) is 0 Å². The zero-order chi connectivity index (χ0) is 32.2. The van der Waals surface area contributed by atoms with Crippen molar-refractivity contribution in [3.63, 3.8) is 0 Å². The van der Waals surface area contributed by atoms with E-state index in [1.165, 1.54) is 148 Å². The molecule has 0 aliphatic rings. The summed E-state index contributed by atoms with van der Waals surface area (Å²) in [7, 11) is 0. The highest BCUT2D eigenvalue weighted by Crippen LogP contribution is 2.18. The normalized spacial score (nSPS) is 12.5. The van der Waals surface area contributed by atoms with Crippen LogP contribution in [-0.4, -0.2) is 45.1 Å². The van der Waals surface area contributed by atoms with E-state index in [-0.39, 0.29) is 13.0 Å². The van der Waals surface area contributed by atoms with Crippen LogP contribution in [-0.2, 0) is 9.59 Å². The first-order valence-corrected chi connectivity index (χ1v) is 18.6. The lowest BCUT2D eigenvalue weighted by Crippen LogP contribution is -2.23. The van der Waals surface area contributed by atoms with E-state index in [1.54, 1.807) is 0 Å². The fraction of sp³-hybridized carbons (Fsp3) is 0.946. The average molecular weight is 615 g/mol. The summed E-state index contributed by atoms with van der Waals surface area (Å²) in [4.78, 5) is 21.4. The molecule has 6 heteroatoms. The second kappa shape index (κ2) is 37.0. The molecule has 0 heterocycles. The third kappa shape index (κ3) is 38.8. The maximum absolute atomic E-state index is 11.1. The van der Waals surface area contributed by atoms with E-state index in [2.05, 4.69) is 13.8 Å². The monoisotopic (exact) mass is 615 g/mol. The number of aliphatic hydroxyl groups excluding tert-OH is 2. The average Bonchev–Trinajstić information content (AvgIpc) is 2.99. The molecule has 258 valence electrons. The van der Waals surface area contributed by atoms with Crippen molar-refractivity contribution in [2.45, 2.75) is 213 Å². The molecule has 0 saturated heterocycles. The van der Waals surface area contributed by atoms with E-state index in [1.807, 2.05) is 0 Å². The predicted molar refractivity (Wildman–Crippen MR) is 182 cm³/mol. The molecule has 0 aromatic rings. The molecule has 0 bridgehead atoms. The van der Waals surface area contributed by atoms with Gasteiger partial charge in [-0.05, 0) is 19.3 Å². The van der Waals surface area contributed by atoms with Crippen molar-refractivity contribution < 1.29 is 30.0 Å². The standard InChI is InChI=1S/C21H42O4.C16H32O2/c1-2-3-4-5-6-7-8-9-10-11-12-13-14-15-16-19(21(24)25)17-20(23)18-22;1-2-3-4-5-6-7-8-9-10-11-12-13-14-15-16(17)18/h19-20,22-23H,2-18H2,1H3,(H,24,25);2-15H2,1H3,(H,17,18). The number of hydrogen-bond acceptors (Lipinski definition) is 4. The maximum Gasteiger partial charge on any atom is 0.306 e. The fourth-order valence-electron chi connectivity index (χ4n) is 5.62. The number of carbonyl (C=O) groups is 2. The molecule has 0 fully saturated rings. The van der Waals surface area contributed by atoms with Gasteiger partial charge in [-0.3, -0.25) is 9.59 Å². The number of hydrogen-bond donors (Lipinski definition) is 4. The maximum atomic E-state index is 11.1. The number of aliphatic carboxylic acids is 2. The van der Waals surface area contributed by atoms with E-state index in [0.717, 1.165) is 25.7 Å². The van der Waals surface area contributed by atoms with Crippen molar-refractivity contribution in [3.05, 3.63) is 0 Å². The summed E-state index contributed by atoms with van der Waals surface area (Å²) in [6.07, 6.45) is 35.1. The zero-order valence-corrected chi connectivity index (χ0v) is 28.7. The summed E-state index contributed by atoms with van der Waals surface area (Å²) >= 11 is 0. The van der Waals surface area contributed by atoms with Crippen LogP contribution in [0.15, 0.2) is 0 Å². The summed E-state index contributed by atoms with van der Waals surface area (Å²) in [5, 5.41) is 35.8. The van der Waals surface area contributed by atoms with Gasteiger partial charge in [-0.15, -0.1) is 0 Å². The molecule has 43 heavy (non-hydrogen) atoms. The van der Waals surface area contributed by atoms with Crippen LogP contribution in [0.5, 0.6) is 0 Å². The van der Waals surface area contributed by atoms with Crippen LogP contribution in [0.25, 0.3) is 0 Å². The van der Waals surface area contributed by atoms with Gasteiger partial charge in [0.25, 0.3) is 0 Å². The van der Waals surface area contributed by atoms with Gasteiger partial charge in [-0.1, -0.05) is 181 Å². The molecule has 0 aromatic heterocycles. The summed E-state index contributed by atoms with van der Waals surface area (Å²) < 4.78 is 0. The predicted octanol–water partition coefficient (Wildman–Crippen LogP) is 10.9. The topological polar surface area (TPSA) is 115 Å². The number of carboxylic acid groups (broad SMARTS) is 2. The van der Waals surface area contributed by atoms with Crippen molar-refractivity contribution in [2.24, 2.45) is 5.92 Å². The van der Waals surface area contributed by atoms with Crippen molar-refractivity contribution in [1.82, 2.24) is 0 Å². The molecule has 0 aliphatic heterocycles. The van der Waals surface area contributed by atoms with Gasteiger partial charge in [-0.25, -0.2) is 0 Å². The molecule has 0 radical (unpaired) electrons. The molecule has 4 N–H and O–H groups in total. The smallest absolute Gasteiger partial charge is 0.306 e. The highest BCUT2D eigenvalue weighted by molar-refractivity contribution is 5.69. The summed E-state index contributed by atoms with van der Waals surface area (Å²) in [5.74, 6) is -2.04. The first kappa shape index (κ1) is 44.0. The van der Waals surface area contributed by atoms with Crippen LogP contribution in [0.1, 0.15) is 206 Å². The minimum absolute atomic E-state index is 0.157. The highest BCUT2D eigenvalue weighted by atomic mass is 16.4. The number of carboxylic acids is 2. The van der Waals surface area contributed by atoms with E-state index >= 15 is 0 Å². The molecule has 0 aliphatic carbocycles. The Balaban J connectivity index is 0. The summed E-state index contributed by atoms with van der Waals surface area (Å²) in [6, 6.07) is 0. The number of aliphatic hydroxyl groups is 2. The Kier molecular flexibility index (Phi) is 37.9. The Morgan fingerprint density at radius 2 is 0.791 bits per heavy atom. The van der Waals surface area contributed by atoms with Crippen LogP contribution >= 0.6 is 0 Å². The molecule has 0 aromatic carbocycles. The van der Waals surface area contributed by atoms with E-state index in [4.69, 9.17) is 15.3 Å². The summed E-state index contributed by atoms with van der Waals surface area (Å²) in [6.45, 7) is 4.16. The Labute approximate surface area is 266 Å². The van der Waals surface area contributed by atoms with Gasteiger partial charge >= 0.3 is 11.9 Å². The third-order valence-corrected chi connectivity index (χ3v) is 8.52. The minimum Gasteiger partial charge on any atom is -0.481 e. The summed E-state index contributed by atoms with van der Waals surface area (Å²) in [5.41, 5.74) is 0. The van der Waals surface area contributed by atoms with Gasteiger partial charge < -0.3 is 20.4 Å². The molecule has 2 unspecified atom stereocenters. The largest absolute Gasteiger partial charge is 0.481 e. The molecule has 0 spiro atoms. The fourth-order valence-corrected chi connectivity index (χ4v) is 5.62. The zero-order valence-electron chi connectivity index (χ0n) is 28.7. The quantitative estimate of drug-likeness (QED) is 0.0547. The SMILES string of the molecule is CCCCCCCCCCCCCCCC(=O)O.CCCCCCCCCCCCCCCCC(CC(O)CO)C(=O)O. The number of unbranched alkanes of at least 4 members (excludes halogenated alkanes) is 25. The van der Waals surface area contributed by atoms with E-state index in [0.29, 0.717) is 12.8 Å². The van der Waals surface area contributed by atoms with Crippen molar-refractivity contribution in [1.29, 1.82) is 0 Å². The molecule has 6 nitrogen and oxygen atoms in total. The van der Waals surface area contributed by atoms with E-state index < -0.39 is 24.0 Å².